The highest BCUT2D eigenvalue weighted by atomic mass is 16.2. The van der Waals surface area contributed by atoms with E-state index in [9.17, 15) is 9.59 Å². The second-order valence-corrected chi connectivity index (χ2v) is 11.9. The molecule has 0 bridgehead atoms. The summed E-state index contributed by atoms with van der Waals surface area (Å²) >= 11 is 0. The standard InChI is InChI=1S/C28H42N6O2/c1-7-9-13-28(31-32-28)14-12-23(35)34(18-20-17-22(20)19(3)4)24(26(36)30-27(5,6)8-2)25-29-15-16-33(25)21-10-11-21/h1,15-16,19-22,24H,8-14,17-18H2,2-6H3,(H,30,36)/t20-,22-,24?/m0/s1. The molecule has 0 saturated heterocycles. The first-order valence-corrected chi connectivity index (χ1v) is 13.6. The summed E-state index contributed by atoms with van der Waals surface area (Å²) in [5, 5.41) is 11.6. The van der Waals surface area contributed by atoms with Gasteiger partial charge in [-0.25, -0.2) is 4.98 Å². The fraction of sp³-hybridized carbons (Fsp3) is 0.750. The van der Waals surface area contributed by atoms with Crippen molar-refractivity contribution in [2.24, 2.45) is 28.0 Å². The highest BCUT2D eigenvalue weighted by Crippen LogP contribution is 2.46. The molecule has 1 aromatic rings. The molecule has 8 heteroatoms. The van der Waals surface area contributed by atoms with Gasteiger partial charge in [0.2, 0.25) is 5.91 Å². The number of hydrogen-bond acceptors (Lipinski definition) is 5. The minimum Gasteiger partial charge on any atom is -0.349 e. The molecule has 2 saturated carbocycles. The van der Waals surface area contributed by atoms with Crippen LogP contribution in [0.25, 0.3) is 0 Å². The van der Waals surface area contributed by atoms with Gasteiger partial charge in [-0.3, -0.25) is 9.59 Å². The number of aromatic nitrogens is 2. The van der Waals surface area contributed by atoms with Gasteiger partial charge in [0.25, 0.3) is 5.91 Å². The molecule has 3 atom stereocenters. The number of nitrogens with one attached hydrogen (secondary N) is 1. The number of hydrogen-bond donors (Lipinski definition) is 1. The number of carbonyl (C=O) groups excluding carboxylic acids is 2. The number of carbonyl (C=O) groups is 2. The van der Waals surface area contributed by atoms with Crippen molar-refractivity contribution in [3.05, 3.63) is 18.2 Å². The third-order valence-electron chi connectivity index (χ3n) is 8.17. The average Bonchev–Trinajstić information content (AvgIpc) is 3.74. The Bertz CT molecular complexity index is 1030. The fourth-order valence-electron chi connectivity index (χ4n) is 5.11. The molecule has 0 radical (unpaired) electrons. The summed E-state index contributed by atoms with van der Waals surface area (Å²) in [6.45, 7) is 11.1. The summed E-state index contributed by atoms with van der Waals surface area (Å²) in [7, 11) is 0. The van der Waals surface area contributed by atoms with Crippen LogP contribution in [0.5, 0.6) is 0 Å². The van der Waals surface area contributed by atoms with E-state index in [-0.39, 0.29) is 23.8 Å². The summed E-state index contributed by atoms with van der Waals surface area (Å²) in [5.41, 5.74) is -0.908. The van der Waals surface area contributed by atoms with Gasteiger partial charge in [-0.05, 0) is 57.3 Å². The Morgan fingerprint density at radius 2 is 2.03 bits per heavy atom. The molecule has 4 rings (SSSR count). The molecule has 36 heavy (non-hydrogen) atoms. The van der Waals surface area contributed by atoms with Crippen LogP contribution in [-0.2, 0) is 9.59 Å². The number of rotatable bonds is 14. The zero-order chi connectivity index (χ0) is 26.1. The van der Waals surface area contributed by atoms with Gasteiger partial charge < -0.3 is 14.8 Å². The lowest BCUT2D eigenvalue weighted by Gasteiger charge is -2.34. The summed E-state index contributed by atoms with van der Waals surface area (Å²) < 4.78 is 2.11. The van der Waals surface area contributed by atoms with Crippen molar-refractivity contribution in [3.63, 3.8) is 0 Å². The molecule has 8 nitrogen and oxygen atoms in total. The van der Waals surface area contributed by atoms with Gasteiger partial charge in [0.1, 0.15) is 5.82 Å². The Labute approximate surface area is 215 Å². The van der Waals surface area contributed by atoms with Crippen LogP contribution in [0.15, 0.2) is 22.6 Å². The largest absolute Gasteiger partial charge is 0.349 e. The number of imidazole rings is 1. The van der Waals surface area contributed by atoms with Crippen molar-refractivity contribution in [1.82, 2.24) is 19.8 Å². The van der Waals surface area contributed by atoms with Crippen LogP contribution < -0.4 is 5.32 Å². The van der Waals surface area contributed by atoms with E-state index in [2.05, 4.69) is 51.8 Å². The predicted octanol–water partition coefficient (Wildman–Crippen LogP) is 5.04. The molecule has 2 fully saturated rings. The van der Waals surface area contributed by atoms with E-state index in [4.69, 9.17) is 6.42 Å². The summed E-state index contributed by atoms with van der Waals surface area (Å²) in [4.78, 5) is 34.3. The second-order valence-electron chi connectivity index (χ2n) is 11.9. The Morgan fingerprint density at radius 1 is 1.31 bits per heavy atom. The van der Waals surface area contributed by atoms with Crippen LogP contribution in [0.1, 0.15) is 104 Å². The molecule has 3 aliphatic rings. The Balaban J connectivity index is 1.61. The van der Waals surface area contributed by atoms with Crippen molar-refractivity contribution in [2.75, 3.05) is 6.54 Å². The first kappa shape index (κ1) is 26.4. The maximum absolute atomic E-state index is 13.9. The maximum Gasteiger partial charge on any atom is 0.251 e. The van der Waals surface area contributed by atoms with Gasteiger partial charge in [0.05, 0.1) is 0 Å². The van der Waals surface area contributed by atoms with E-state index in [0.717, 1.165) is 25.7 Å². The Morgan fingerprint density at radius 3 is 2.58 bits per heavy atom. The number of amides is 2. The van der Waals surface area contributed by atoms with E-state index < -0.39 is 11.7 Å². The molecule has 0 spiro atoms. The van der Waals surface area contributed by atoms with Crippen molar-refractivity contribution >= 4 is 11.8 Å². The maximum atomic E-state index is 13.9. The first-order valence-electron chi connectivity index (χ1n) is 13.6. The van der Waals surface area contributed by atoms with Crippen LogP contribution >= 0.6 is 0 Å². The third kappa shape index (κ3) is 6.16. The molecule has 1 N–H and O–H groups in total. The topological polar surface area (TPSA) is 92.0 Å². The molecule has 2 aliphatic carbocycles. The lowest BCUT2D eigenvalue weighted by Crippen LogP contribution is -2.51. The molecule has 1 aromatic heterocycles. The van der Waals surface area contributed by atoms with Gasteiger partial charge in [-0.1, -0.05) is 20.8 Å². The summed E-state index contributed by atoms with van der Waals surface area (Å²) in [6.07, 6.45) is 15.2. The Hall–Kier alpha value is -2.69. The molecule has 196 valence electrons. The van der Waals surface area contributed by atoms with E-state index in [1.165, 1.54) is 0 Å². The molecule has 1 aliphatic heterocycles. The normalized spacial score (nSPS) is 22.7. The van der Waals surface area contributed by atoms with Crippen LogP contribution in [0.4, 0.5) is 0 Å². The SMILES string of the molecule is C#CCCC1(CCC(=O)N(C[C@@H]2C[C@H]2C(C)C)C(C(=O)NC(C)(C)CC)c2nccn2C2CC2)N=N1. The smallest absolute Gasteiger partial charge is 0.251 e. The highest BCUT2D eigenvalue weighted by Gasteiger charge is 2.46. The van der Waals surface area contributed by atoms with Crippen LogP contribution in [0, 0.1) is 30.1 Å². The summed E-state index contributed by atoms with van der Waals surface area (Å²) in [6, 6.07) is -0.406. The first-order chi connectivity index (χ1) is 17.1. The summed E-state index contributed by atoms with van der Waals surface area (Å²) in [5.74, 6) is 4.65. The monoisotopic (exact) mass is 494 g/mol. The average molecular weight is 495 g/mol. The zero-order valence-corrected chi connectivity index (χ0v) is 22.5. The van der Waals surface area contributed by atoms with Gasteiger partial charge in [0.15, 0.2) is 11.7 Å². The van der Waals surface area contributed by atoms with Crippen molar-refractivity contribution in [1.29, 1.82) is 0 Å². The fourth-order valence-corrected chi connectivity index (χ4v) is 5.11. The highest BCUT2D eigenvalue weighted by molar-refractivity contribution is 5.88. The number of nitrogens with zero attached hydrogens (tertiary/aromatic N) is 5. The second kappa shape index (κ2) is 10.4. The molecular formula is C28H42N6O2. The number of terminal acetylenes is 1. The minimum atomic E-state index is -0.762. The third-order valence-corrected chi connectivity index (χ3v) is 8.17. The molecule has 2 amide bonds. The lowest BCUT2D eigenvalue weighted by atomic mass is 9.99. The Kier molecular flexibility index (Phi) is 7.59. The van der Waals surface area contributed by atoms with Crippen LogP contribution in [0.3, 0.4) is 0 Å². The van der Waals surface area contributed by atoms with Gasteiger partial charge in [-0.15, -0.1) is 12.3 Å². The van der Waals surface area contributed by atoms with Crippen LogP contribution in [0.2, 0.25) is 0 Å². The molecule has 2 heterocycles. The van der Waals surface area contributed by atoms with Crippen molar-refractivity contribution < 1.29 is 9.59 Å². The zero-order valence-electron chi connectivity index (χ0n) is 22.5. The molecular weight excluding hydrogens is 452 g/mol. The predicted molar refractivity (Wildman–Crippen MR) is 139 cm³/mol. The lowest BCUT2D eigenvalue weighted by molar-refractivity contribution is -0.142. The van der Waals surface area contributed by atoms with Gasteiger partial charge >= 0.3 is 0 Å². The molecule has 1 unspecified atom stereocenters. The quantitative estimate of drug-likeness (QED) is 0.367. The van der Waals surface area contributed by atoms with Crippen molar-refractivity contribution in [3.8, 4) is 12.3 Å². The van der Waals surface area contributed by atoms with E-state index in [1.54, 1.807) is 6.20 Å². The van der Waals surface area contributed by atoms with Gasteiger partial charge in [-0.2, -0.15) is 10.2 Å². The van der Waals surface area contributed by atoms with E-state index in [0.29, 0.717) is 55.4 Å². The van der Waals surface area contributed by atoms with E-state index in [1.807, 2.05) is 24.9 Å². The van der Waals surface area contributed by atoms with Crippen molar-refractivity contribution in [2.45, 2.75) is 109 Å². The minimum absolute atomic E-state index is 0.0402. The van der Waals surface area contributed by atoms with Gasteiger partial charge in [0, 0.05) is 56.2 Å². The molecule has 0 aromatic carbocycles. The van der Waals surface area contributed by atoms with Crippen LogP contribution in [-0.4, -0.2) is 44.0 Å². The van der Waals surface area contributed by atoms with E-state index >= 15 is 0 Å².